The molecule has 1 heterocycles. The van der Waals surface area contributed by atoms with Crippen LogP contribution >= 0.6 is 0 Å². The highest BCUT2D eigenvalue weighted by atomic mass is 16.6. The van der Waals surface area contributed by atoms with Crippen LogP contribution < -0.4 is 14.8 Å². The summed E-state index contributed by atoms with van der Waals surface area (Å²) in [6, 6.07) is 4.84. The zero-order valence-electron chi connectivity index (χ0n) is 12.3. The smallest absolute Gasteiger partial charge is 0.161 e. The van der Waals surface area contributed by atoms with Crippen molar-refractivity contribution >= 4 is 0 Å². The van der Waals surface area contributed by atoms with Gasteiger partial charge in [0.15, 0.2) is 11.5 Å². The number of hydrogen-bond acceptors (Lipinski definition) is 3. The zero-order chi connectivity index (χ0) is 13.7. The lowest BCUT2D eigenvalue weighted by molar-refractivity contribution is 0.171. The molecular weight excluding hydrogens is 238 g/mol. The summed E-state index contributed by atoms with van der Waals surface area (Å²) in [5, 5.41) is 3.45. The van der Waals surface area contributed by atoms with E-state index in [-0.39, 0.29) is 0 Å². The number of fused-ring (bicyclic) bond motifs is 1. The van der Waals surface area contributed by atoms with Crippen molar-refractivity contribution in [1.82, 2.24) is 5.32 Å². The summed E-state index contributed by atoms with van der Waals surface area (Å²) in [5.41, 5.74) is 2.69. The highest BCUT2D eigenvalue weighted by Crippen LogP contribution is 2.33. The van der Waals surface area contributed by atoms with Crippen LogP contribution in [0, 0.1) is 6.92 Å². The summed E-state index contributed by atoms with van der Waals surface area (Å²) in [6.07, 6.45) is 3.54. The molecule has 1 aliphatic rings. The number of ether oxygens (including phenoxy) is 2. The number of rotatable bonds is 6. The fraction of sp³-hybridized carbons (Fsp3) is 0.625. The van der Waals surface area contributed by atoms with E-state index in [1.165, 1.54) is 24.0 Å². The lowest BCUT2D eigenvalue weighted by Gasteiger charge is -2.20. The Morgan fingerprint density at radius 3 is 2.47 bits per heavy atom. The Bertz CT molecular complexity index is 415. The molecule has 3 nitrogen and oxygen atoms in total. The van der Waals surface area contributed by atoms with E-state index in [4.69, 9.17) is 9.47 Å². The molecule has 0 aromatic heterocycles. The summed E-state index contributed by atoms with van der Waals surface area (Å²) < 4.78 is 11.2. The first-order valence-corrected chi connectivity index (χ1v) is 7.29. The van der Waals surface area contributed by atoms with Gasteiger partial charge in [0.2, 0.25) is 0 Å². The monoisotopic (exact) mass is 263 g/mol. The average Bonchev–Trinajstić information content (AvgIpc) is 2.38. The molecule has 0 aliphatic carbocycles. The van der Waals surface area contributed by atoms with E-state index < -0.39 is 0 Å². The quantitative estimate of drug-likeness (QED) is 0.800. The van der Waals surface area contributed by atoms with Gasteiger partial charge in [-0.05, 0) is 56.0 Å². The van der Waals surface area contributed by atoms with Crippen LogP contribution in [0.25, 0.3) is 0 Å². The lowest BCUT2D eigenvalue weighted by Crippen LogP contribution is -2.23. The third kappa shape index (κ3) is 4.13. The van der Waals surface area contributed by atoms with Crippen LogP contribution in [-0.4, -0.2) is 25.8 Å². The maximum atomic E-state index is 5.64. The van der Waals surface area contributed by atoms with Crippen LogP contribution in [0.5, 0.6) is 11.5 Å². The number of nitrogens with one attached hydrogen (secondary N) is 1. The first-order chi connectivity index (χ1) is 9.16. The van der Waals surface area contributed by atoms with Crippen LogP contribution in [0.3, 0.4) is 0 Å². The van der Waals surface area contributed by atoms with E-state index in [1.54, 1.807) is 0 Å². The topological polar surface area (TPSA) is 30.5 Å². The molecule has 0 bridgehead atoms. The fourth-order valence-corrected chi connectivity index (χ4v) is 2.33. The predicted octanol–water partition coefficient (Wildman–Crippen LogP) is 3.09. The molecule has 0 unspecified atom stereocenters. The summed E-state index contributed by atoms with van der Waals surface area (Å²) in [4.78, 5) is 0. The molecule has 0 amide bonds. The van der Waals surface area contributed by atoms with Gasteiger partial charge in [-0.2, -0.15) is 0 Å². The minimum absolute atomic E-state index is 0.580. The van der Waals surface area contributed by atoms with Crippen molar-refractivity contribution in [1.29, 1.82) is 0 Å². The Balaban J connectivity index is 1.86. The van der Waals surface area contributed by atoms with Crippen LogP contribution in [0.1, 0.15) is 37.8 Å². The Morgan fingerprint density at radius 2 is 1.79 bits per heavy atom. The zero-order valence-corrected chi connectivity index (χ0v) is 12.3. The number of hydrogen-bond donors (Lipinski definition) is 1. The standard InChI is InChI=1S/C16H25NO2/c1-12(2)17-7-5-4-6-14-11-16-15(10-13(14)3)18-8-9-19-16/h10-12,17H,4-9H2,1-3H3. The van der Waals surface area contributed by atoms with Gasteiger partial charge in [0, 0.05) is 6.04 Å². The van der Waals surface area contributed by atoms with E-state index in [9.17, 15) is 0 Å². The van der Waals surface area contributed by atoms with Gasteiger partial charge < -0.3 is 14.8 Å². The van der Waals surface area contributed by atoms with Gasteiger partial charge >= 0.3 is 0 Å². The number of aryl methyl sites for hydroxylation is 2. The van der Waals surface area contributed by atoms with Crippen molar-refractivity contribution in [3.63, 3.8) is 0 Å². The highest BCUT2D eigenvalue weighted by Gasteiger charge is 2.13. The SMILES string of the molecule is Cc1cc2c(cc1CCCCNC(C)C)OCCO2. The van der Waals surface area contributed by atoms with Gasteiger partial charge in [0.25, 0.3) is 0 Å². The van der Waals surface area contributed by atoms with Gasteiger partial charge in [-0.15, -0.1) is 0 Å². The Morgan fingerprint density at radius 1 is 1.11 bits per heavy atom. The molecule has 0 radical (unpaired) electrons. The number of unbranched alkanes of at least 4 members (excludes halogenated alkanes) is 1. The maximum absolute atomic E-state index is 5.64. The Kier molecular flexibility index (Phi) is 5.08. The Hall–Kier alpha value is -1.22. The van der Waals surface area contributed by atoms with Gasteiger partial charge in [0.05, 0.1) is 0 Å². The van der Waals surface area contributed by atoms with Crippen molar-refractivity contribution in [2.75, 3.05) is 19.8 Å². The highest BCUT2D eigenvalue weighted by molar-refractivity contribution is 5.47. The second-order valence-electron chi connectivity index (χ2n) is 5.49. The molecule has 1 N–H and O–H groups in total. The molecule has 0 atom stereocenters. The van der Waals surface area contributed by atoms with Crippen LogP contribution in [0.15, 0.2) is 12.1 Å². The van der Waals surface area contributed by atoms with E-state index in [0.717, 1.165) is 24.5 Å². The fourth-order valence-electron chi connectivity index (χ4n) is 2.33. The second kappa shape index (κ2) is 6.80. The molecule has 0 saturated carbocycles. The molecule has 1 aliphatic heterocycles. The number of benzene rings is 1. The van der Waals surface area contributed by atoms with Crippen LogP contribution in [-0.2, 0) is 6.42 Å². The maximum Gasteiger partial charge on any atom is 0.161 e. The van der Waals surface area contributed by atoms with Crippen molar-refractivity contribution in [2.24, 2.45) is 0 Å². The van der Waals surface area contributed by atoms with Crippen molar-refractivity contribution in [3.8, 4) is 11.5 Å². The van der Waals surface area contributed by atoms with Crippen LogP contribution in [0.2, 0.25) is 0 Å². The first-order valence-electron chi connectivity index (χ1n) is 7.29. The summed E-state index contributed by atoms with van der Waals surface area (Å²) >= 11 is 0. The molecule has 2 rings (SSSR count). The summed E-state index contributed by atoms with van der Waals surface area (Å²) in [5.74, 6) is 1.81. The van der Waals surface area contributed by atoms with E-state index in [1.807, 2.05) is 0 Å². The summed E-state index contributed by atoms with van der Waals surface area (Å²) in [7, 11) is 0. The molecule has 106 valence electrons. The van der Waals surface area contributed by atoms with E-state index in [2.05, 4.69) is 38.2 Å². The summed E-state index contributed by atoms with van der Waals surface area (Å²) in [6.45, 7) is 8.94. The molecular formula is C16H25NO2. The van der Waals surface area contributed by atoms with Crippen molar-refractivity contribution in [3.05, 3.63) is 23.3 Å². The first kappa shape index (κ1) is 14.2. The Labute approximate surface area is 116 Å². The molecule has 0 spiro atoms. The van der Waals surface area contributed by atoms with Gasteiger partial charge in [-0.25, -0.2) is 0 Å². The predicted molar refractivity (Wildman–Crippen MR) is 78.2 cm³/mol. The minimum Gasteiger partial charge on any atom is -0.486 e. The van der Waals surface area contributed by atoms with E-state index in [0.29, 0.717) is 19.3 Å². The van der Waals surface area contributed by atoms with Gasteiger partial charge in [-0.1, -0.05) is 13.8 Å². The normalized spacial score (nSPS) is 13.9. The molecule has 19 heavy (non-hydrogen) atoms. The largest absolute Gasteiger partial charge is 0.486 e. The van der Waals surface area contributed by atoms with Crippen molar-refractivity contribution < 1.29 is 9.47 Å². The molecule has 1 aromatic carbocycles. The molecule has 0 fully saturated rings. The van der Waals surface area contributed by atoms with Crippen molar-refractivity contribution in [2.45, 2.75) is 46.1 Å². The van der Waals surface area contributed by atoms with E-state index >= 15 is 0 Å². The third-order valence-corrected chi connectivity index (χ3v) is 3.43. The average molecular weight is 263 g/mol. The van der Waals surface area contributed by atoms with Crippen LogP contribution in [0.4, 0.5) is 0 Å². The molecule has 3 heteroatoms. The molecule has 1 aromatic rings. The minimum atomic E-state index is 0.580. The second-order valence-corrected chi connectivity index (χ2v) is 5.49. The van der Waals surface area contributed by atoms with Gasteiger partial charge in [-0.3, -0.25) is 0 Å². The molecule has 0 saturated heterocycles. The lowest BCUT2D eigenvalue weighted by atomic mass is 10.0. The van der Waals surface area contributed by atoms with Gasteiger partial charge in [0.1, 0.15) is 13.2 Å². The third-order valence-electron chi connectivity index (χ3n) is 3.43.